The summed E-state index contributed by atoms with van der Waals surface area (Å²) in [5.74, 6) is 1.75. The van der Waals surface area contributed by atoms with Crippen LogP contribution in [0.4, 0.5) is 0 Å². The molecule has 0 aliphatic carbocycles. The van der Waals surface area contributed by atoms with E-state index in [0.29, 0.717) is 6.04 Å². The fourth-order valence-electron chi connectivity index (χ4n) is 2.21. The van der Waals surface area contributed by atoms with Gasteiger partial charge in [-0.3, -0.25) is 0 Å². The van der Waals surface area contributed by atoms with Gasteiger partial charge in [0.1, 0.15) is 12.4 Å². The van der Waals surface area contributed by atoms with E-state index in [1.807, 2.05) is 6.07 Å². The minimum atomic E-state index is 0.170. The van der Waals surface area contributed by atoms with Crippen LogP contribution in [-0.2, 0) is 5.41 Å². The van der Waals surface area contributed by atoms with Crippen molar-refractivity contribution in [2.75, 3.05) is 13.2 Å². The van der Waals surface area contributed by atoms with Crippen LogP contribution in [0, 0.1) is 5.92 Å². The van der Waals surface area contributed by atoms with Gasteiger partial charge >= 0.3 is 0 Å². The van der Waals surface area contributed by atoms with Crippen molar-refractivity contribution < 1.29 is 4.74 Å². The molecule has 0 saturated heterocycles. The SMILES string of the molecule is CC(C)CCC(C)NCCOc1cccc(C(C)(C)C)c1. The van der Waals surface area contributed by atoms with E-state index in [2.05, 4.69) is 65.1 Å². The first-order valence-electron chi connectivity index (χ1n) is 8.25. The standard InChI is InChI=1S/C19H33NO/c1-15(2)10-11-16(3)20-12-13-21-18-9-7-8-17(14-18)19(4,5)6/h7-9,14-16,20H,10-13H2,1-6H3. The zero-order valence-electron chi connectivity index (χ0n) is 14.7. The summed E-state index contributed by atoms with van der Waals surface area (Å²) in [7, 11) is 0. The lowest BCUT2D eigenvalue weighted by molar-refractivity contribution is 0.302. The molecule has 1 N–H and O–H groups in total. The Hall–Kier alpha value is -1.02. The molecule has 0 fully saturated rings. The van der Waals surface area contributed by atoms with Gasteiger partial charge in [-0.2, -0.15) is 0 Å². The molecule has 1 aromatic carbocycles. The summed E-state index contributed by atoms with van der Waals surface area (Å²) in [6.45, 7) is 15.1. The minimum Gasteiger partial charge on any atom is -0.492 e. The first-order chi connectivity index (χ1) is 9.79. The third kappa shape index (κ3) is 7.52. The van der Waals surface area contributed by atoms with Gasteiger partial charge in [-0.25, -0.2) is 0 Å². The molecule has 0 bridgehead atoms. The van der Waals surface area contributed by atoms with Crippen LogP contribution in [0.25, 0.3) is 0 Å². The smallest absolute Gasteiger partial charge is 0.119 e. The Labute approximate surface area is 131 Å². The van der Waals surface area contributed by atoms with Crippen LogP contribution in [0.15, 0.2) is 24.3 Å². The molecule has 0 heterocycles. The molecule has 21 heavy (non-hydrogen) atoms. The number of ether oxygens (including phenoxy) is 1. The van der Waals surface area contributed by atoms with E-state index in [1.54, 1.807) is 0 Å². The van der Waals surface area contributed by atoms with Crippen molar-refractivity contribution in [3.05, 3.63) is 29.8 Å². The second kappa shape index (κ2) is 8.43. The summed E-state index contributed by atoms with van der Waals surface area (Å²) < 4.78 is 5.86. The molecule has 0 spiro atoms. The summed E-state index contributed by atoms with van der Waals surface area (Å²) >= 11 is 0. The van der Waals surface area contributed by atoms with Crippen LogP contribution in [0.3, 0.4) is 0 Å². The van der Waals surface area contributed by atoms with Gasteiger partial charge in [0.25, 0.3) is 0 Å². The van der Waals surface area contributed by atoms with E-state index < -0.39 is 0 Å². The van der Waals surface area contributed by atoms with Gasteiger partial charge in [0, 0.05) is 12.6 Å². The van der Waals surface area contributed by atoms with E-state index in [4.69, 9.17) is 4.74 Å². The summed E-state index contributed by atoms with van der Waals surface area (Å²) in [6, 6.07) is 9.00. The number of hydrogen-bond acceptors (Lipinski definition) is 2. The van der Waals surface area contributed by atoms with Crippen LogP contribution in [0.5, 0.6) is 5.75 Å². The zero-order chi connectivity index (χ0) is 15.9. The quantitative estimate of drug-likeness (QED) is 0.696. The molecule has 1 atom stereocenters. The molecular weight excluding hydrogens is 258 g/mol. The van der Waals surface area contributed by atoms with Gasteiger partial charge in [0.05, 0.1) is 0 Å². The highest BCUT2D eigenvalue weighted by Gasteiger charge is 2.13. The maximum atomic E-state index is 5.86. The molecule has 0 amide bonds. The Kier molecular flexibility index (Phi) is 7.24. The van der Waals surface area contributed by atoms with E-state index in [9.17, 15) is 0 Å². The first kappa shape index (κ1) is 18.0. The molecule has 0 radical (unpaired) electrons. The second-order valence-corrected chi connectivity index (χ2v) is 7.45. The van der Waals surface area contributed by atoms with E-state index in [-0.39, 0.29) is 5.41 Å². The summed E-state index contributed by atoms with van der Waals surface area (Å²) in [5.41, 5.74) is 1.49. The van der Waals surface area contributed by atoms with Gasteiger partial charge in [-0.1, -0.05) is 46.8 Å². The lowest BCUT2D eigenvalue weighted by Crippen LogP contribution is -2.30. The van der Waals surface area contributed by atoms with Gasteiger partial charge < -0.3 is 10.1 Å². The normalized spacial score (nSPS) is 13.5. The Balaban J connectivity index is 2.30. The van der Waals surface area contributed by atoms with Crippen LogP contribution in [0.1, 0.15) is 59.9 Å². The van der Waals surface area contributed by atoms with Crippen LogP contribution < -0.4 is 10.1 Å². The molecule has 1 aromatic rings. The third-order valence-electron chi connectivity index (χ3n) is 3.74. The topological polar surface area (TPSA) is 21.3 Å². The average Bonchev–Trinajstić information content (AvgIpc) is 2.41. The fourth-order valence-corrected chi connectivity index (χ4v) is 2.21. The number of hydrogen-bond donors (Lipinski definition) is 1. The lowest BCUT2D eigenvalue weighted by Gasteiger charge is -2.20. The van der Waals surface area contributed by atoms with Gasteiger partial charge in [-0.15, -0.1) is 0 Å². The highest BCUT2D eigenvalue weighted by atomic mass is 16.5. The van der Waals surface area contributed by atoms with Crippen molar-refractivity contribution in [1.29, 1.82) is 0 Å². The Morgan fingerprint density at radius 3 is 2.43 bits per heavy atom. The van der Waals surface area contributed by atoms with Gasteiger partial charge in [0.15, 0.2) is 0 Å². The monoisotopic (exact) mass is 291 g/mol. The summed E-state index contributed by atoms with van der Waals surface area (Å²) in [6.07, 6.45) is 2.51. The molecule has 1 unspecified atom stereocenters. The fraction of sp³-hybridized carbons (Fsp3) is 0.684. The Morgan fingerprint density at radius 1 is 1.10 bits per heavy atom. The van der Waals surface area contributed by atoms with E-state index >= 15 is 0 Å². The largest absolute Gasteiger partial charge is 0.492 e. The second-order valence-electron chi connectivity index (χ2n) is 7.45. The van der Waals surface area contributed by atoms with Crippen molar-refractivity contribution in [2.24, 2.45) is 5.92 Å². The molecule has 0 aromatic heterocycles. The Morgan fingerprint density at radius 2 is 1.81 bits per heavy atom. The minimum absolute atomic E-state index is 0.170. The molecule has 0 aliphatic rings. The van der Waals surface area contributed by atoms with Crippen LogP contribution >= 0.6 is 0 Å². The van der Waals surface area contributed by atoms with Crippen molar-refractivity contribution in [1.82, 2.24) is 5.32 Å². The van der Waals surface area contributed by atoms with Gasteiger partial charge in [0.2, 0.25) is 0 Å². The highest BCUT2D eigenvalue weighted by molar-refractivity contribution is 5.32. The van der Waals surface area contributed by atoms with Crippen molar-refractivity contribution in [3.8, 4) is 5.75 Å². The molecule has 1 rings (SSSR count). The maximum Gasteiger partial charge on any atom is 0.119 e. The molecule has 0 saturated carbocycles. The van der Waals surface area contributed by atoms with E-state index in [1.165, 1.54) is 18.4 Å². The van der Waals surface area contributed by atoms with Crippen molar-refractivity contribution in [3.63, 3.8) is 0 Å². The first-order valence-corrected chi connectivity index (χ1v) is 8.25. The molecule has 2 nitrogen and oxygen atoms in total. The summed E-state index contributed by atoms with van der Waals surface area (Å²) in [4.78, 5) is 0. The molecule has 120 valence electrons. The number of nitrogens with one attached hydrogen (secondary N) is 1. The summed E-state index contributed by atoms with van der Waals surface area (Å²) in [5, 5.41) is 3.53. The van der Waals surface area contributed by atoms with Crippen LogP contribution in [-0.4, -0.2) is 19.2 Å². The van der Waals surface area contributed by atoms with Crippen molar-refractivity contribution >= 4 is 0 Å². The Bertz CT molecular complexity index is 406. The lowest BCUT2D eigenvalue weighted by atomic mass is 9.87. The highest BCUT2D eigenvalue weighted by Crippen LogP contribution is 2.25. The predicted octanol–water partition coefficient (Wildman–Crippen LogP) is 4.78. The van der Waals surface area contributed by atoms with Crippen molar-refractivity contribution in [2.45, 2.75) is 65.8 Å². The average molecular weight is 291 g/mol. The number of rotatable bonds is 8. The maximum absolute atomic E-state index is 5.86. The number of benzene rings is 1. The predicted molar refractivity (Wildman–Crippen MR) is 92.2 cm³/mol. The molecule has 2 heteroatoms. The molecule has 0 aliphatic heterocycles. The van der Waals surface area contributed by atoms with Gasteiger partial charge in [-0.05, 0) is 48.8 Å². The molecular formula is C19H33NO. The zero-order valence-corrected chi connectivity index (χ0v) is 14.7. The van der Waals surface area contributed by atoms with Crippen LogP contribution in [0.2, 0.25) is 0 Å². The van der Waals surface area contributed by atoms with E-state index in [0.717, 1.165) is 24.8 Å². The third-order valence-corrected chi connectivity index (χ3v) is 3.74.